The van der Waals surface area contributed by atoms with Crippen molar-refractivity contribution in [2.45, 2.75) is 38.6 Å². The Morgan fingerprint density at radius 1 is 1.29 bits per heavy atom. The van der Waals surface area contributed by atoms with Crippen molar-refractivity contribution < 1.29 is 9.59 Å². The SMILES string of the molecule is CC(NC(=O)CCCCCN)C(N)=O. The summed E-state index contributed by atoms with van der Waals surface area (Å²) in [6.45, 7) is 2.22. The van der Waals surface area contributed by atoms with Gasteiger partial charge in [-0.15, -0.1) is 0 Å². The molecule has 0 aliphatic rings. The quantitative estimate of drug-likeness (QED) is 0.484. The first-order chi connectivity index (χ1) is 6.57. The molecule has 0 bridgehead atoms. The topological polar surface area (TPSA) is 98.2 Å². The molecule has 0 heterocycles. The molecule has 0 rings (SSSR count). The third kappa shape index (κ3) is 6.42. The van der Waals surface area contributed by atoms with E-state index >= 15 is 0 Å². The van der Waals surface area contributed by atoms with Crippen LogP contribution in [0, 0.1) is 0 Å². The molecule has 0 fully saturated rings. The van der Waals surface area contributed by atoms with Crippen molar-refractivity contribution in [1.82, 2.24) is 5.32 Å². The van der Waals surface area contributed by atoms with Crippen LogP contribution in [0.4, 0.5) is 0 Å². The summed E-state index contributed by atoms with van der Waals surface area (Å²) >= 11 is 0. The van der Waals surface area contributed by atoms with Gasteiger partial charge in [0.25, 0.3) is 0 Å². The number of primary amides is 1. The Kier molecular flexibility index (Phi) is 6.74. The molecule has 0 aliphatic heterocycles. The van der Waals surface area contributed by atoms with E-state index in [-0.39, 0.29) is 5.91 Å². The van der Waals surface area contributed by atoms with Crippen LogP contribution in [-0.4, -0.2) is 24.4 Å². The normalized spacial score (nSPS) is 12.1. The van der Waals surface area contributed by atoms with E-state index < -0.39 is 11.9 Å². The Bertz CT molecular complexity index is 194. The molecule has 0 aromatic rings. The Balaban J connectivity index is 3.50. The van der Waals surface area contributed by atoms with E-state index in [1.54, 1.807) is 6.92 Å². The number of nitrogens with two attached hydrogens (primary N) is 2. The summed E-state index contributed by atoms with van der Waals surface area (Å²) in [5, 5.41) is 2.51. The maximum Gasteiger partial charge on any atom is 0.239 e. The fourth-order valence-electron chi connectivity index (χ4n) is 0.991. The van der Waals surface area contributed by atoms with Gasteiger partial charge in [-0.2, -0.15) is 0 Å². The number of hydrogen-bond donors (Lipinski definition) is 3. The number of amides is 2. The molecule has 1 unspecified atom stereocenters. The van der Waals surface area contributed by atoms with Crippen molar-refractivity contribution >= 4 is 11.8 Å². The fraction of sp³-hybridized carbons (Fsp3) is 0.778. The zero-order valence-electron chi connectivity index (χ0n) is 8.58. The zero-order chi connectivity index (χ0) is 11.0. The van der Waals surface area contributed by atoms with Gasteiger partial charge in [0.2, 0.25) is 11.8 Å². The summed E-state index contributed by atoms with van der Waals surface area (Å²) in [4.78, 5) is 21.8. The van der Waals surface area contributed by atoms with Crippen LogP contribution < -0.4 is 16.8 Å². The molecule has 0 aliphatic carbocycles. The van der Waals surface area contributed by atoms with Crippen molar-refractivity contribution in [2.75, 3.05) is 6.54 Å². The third-order valence-corrected chi connectivity index (χ3v) is 1.91. The van der Waals surface area contributed by atoms with E-state index in [1.807, 2.05) is 0 Å². The second-order valence-electron chi connectivity index (χ2n) is 3.29. The molecule has 82 valence electrons. The van der Waals surface area contributed by atoms with Crippen molar-refractivity contribution in [3.8, 4) is 0 Å². The minimum absolute atomic E-state index is 0.131. The Morgan fingerprint density at radius 2 is 1.93 bits per heavy atom. The van der Waals surface area contributed by atoms with E-state index in [0.29, 0.717) is 13.0 Å². The average molecular weight is 201 g/mol. The molecule has 0 aromatic carbocycles. The van der Waals surface area contributed by atoms with Crippen LogP contribution in [0.3, 0.4) is 0 Å². The van der Waals surface area contributed by atoms with Crippen molar-refractivity contribution in [3.05, 3.63) is 0 Å². The summed E-state index contributed by atoms with van der Waals surface area (Å²) < 4.78 is 0. The predicted octanol–water partition coefficient (Wildman–Crippen LogP) is -0.504. The van der Waals surface area contributed by atoms with Gasteiger partial charge in [0.15, 0.2) is 0 Å². The lowest BCUT2D eigenvalue weighted by molar-refractivity contribution is -0.127. The van der Waals surface area contributed by atoms with Gasteiger partial charge in [-0.25, -0.2) is 0 Å². The minimum Gasteiger partial charge on any atom is -0.368 e. The standard InChI is InChI=1S/C9H19N3O2/c1-7(9(11)14)12-8(13)5-3-2-4-6-10/h7H,2-6,10H2,1H3,(H2,11,14)(H,12,13). The first-order valence-corrected chi connectivity index (χ1v) is 4.86. The highest BCUT2D eigenvalue weighted by atomic mass is 16.2. The smallest absolute Gasteiger partial charge is 0.239 e. The fourth-order valence-corrected chi connectivity index (χ4v) is 0.991. The van der Waals surface area contributed by atoms with Crippen molar-refractivity contribution in [1.29, 1.82) is 0 Å². The molecule has 14 heavy (non-hydrogen) atoms. The molecule has 1 atom stereocenters. The number of carbonyl (C=O) groups excluding carboxylic acids is 2. The van der Waals surface area contributed by atoms with Gasteiger partial charge in [-0.05, 0) is 26.3 Å². The van der Waals surface area contributed by atoms with Crippen LogP contribution in [0.5, 0.6) is 0 Å². The van der Waals surface area contributed by atoms with Gasteiger partial charge in [0.1, 0.15) is 6.04 Å². The monoisotopic (exact) mass is 201 g/mol. The first kappa shape index (κ1) is 12.9. The van der Waals surface area contributed by atoms with Crippen LogP contribution in [-0.2, 0) is 9.59 Å². The maximum absolute atomic E-state index is 11.2. The molecule has 0 radical (unpaired) electrons. The lowest BCUT2D eigenvalue weighted by Gasteiger charge is -2.09. The second-order valence-corrected chi connectivity index (χ2v) is 3.29. The molecule has 5 N–H and O–H groups in total. The molecule has 2 amide bonds. The van der Waals surface area contributed by atoms with Gasteiger partial charge in [-0.3, -0.25) is 9.59 Å². The maximum atomic E-state index is 11.2. The van der Waals surface area contributed by atoms with Gasteiger partial charge in [0, 0.05) is 6.42 Å². The van der Waals surface area contributed by atoms with Crippen LogP contribution in [0.25, 0.3) is 0 Å². The van der Waals surface area contributed by atoms with Crippen LogP contribution >= 0.6 is 0 Å². The number of nitrogens with one attached hydrogen (secondary N) is 1. The molecule has 0 saturated heterocycles. The highest BCUT2D eigenvalue weighted by molar-refractivity contribution is 5.86. The summed E-state index contributed by atoms with van der Waals surface area (Å²) in [6.07, 6.45) is 3.10. The van der Waals surface area contributed by atoms with Crippen LogP contribution in [0.2, 0.25) is 0 Å². The summed E-state index contributed by atoms with van der Waals surface area (Å²) in [7, 11) is 0. The van der Waals surface area contributed by atoms with Gasteiger partial charge < -0.3 is 16.8 Å². The second kappa shape index (κ2) is 7.32. The number of unbranched alkanes of at least 4 members (excludes halogenated alkanes) is 2. The lowest BCUT2D eigenvalue weighted by atomic mass is 10.2. The lowest BCUT2D eigenvalue weighted by Crippen LogP contribution is -2.42. The molecule has 0 spiro atoms. The Hall–Kier alpha value is -1.10. The third-order valence-electron chi connectivity index (χ3n) is 1.91. The van der Waals surface area contributed by atoms with Crippen molar-refractivity contribution in [3.63, 3.8) is 0 Å². The Labute approximate surface area is 84.2 Å². The highest BCUT2D eigenvalue weighted by Crippen LogP contribution is 1.98. The molecule has 5 nitrogen and oxygen atoms in total. The van der Waals surface area contributed by atoms with Crippen LogP contribution in [0.15, 0.2) is 0 Å². The Morgan fingerprint density at radius 3 is 2.43 bits per heavy atom. The van der Waals surface area contributed by atoms with Crippen molar-refractivity contribution in [2.24, 2.45) is 11.5 Å². The van der Waals surface area contributed by atoms with Gasteiger partial charge in [-0.1, -0.05) is 6.42 Å². The van der Waals surface area contributed by atoms with E-state index in [0.717, 1.165) is 19.3 Å². The van der Waals surface area contributed by atoms with Gasteiger partial charge >= 0.3 is 0 Å². The largest absolute Gasteiger partial charge is 0.368 e. The molecule has 5 heteroatoms. The molecule has 0 aromatic heterocycles. The summed E-state index contributed by atoms with van der Waals surface area (Å²) in [5.41, 5.74) is 10.3. The minimum atomic E-state index is -0.586. The molecule has 0 saturated carbocycles. The average Bonchev–Trinajstić information content (AvgIpc) is 2.12. The van der Waals surface area contributed by atoms with Crippen LogP contribution in [0.1, 0.15) is 32.6 Å². The van der Waals surface area contributed by atoms with E-state index in [9.17, 15) is 9.59 Å². The van der Waals surface area contributed by atoms with E-state index in [1.165, 1.54) is 0 Å². The van der Waals surface area contributed by atoms with E-state index in [2.05, 4.69) is 5.32 Å². The van der Waals surface area contributed by atoms with Gasteiger partial charge in [0.05, 0.1) is 0 Å². The summed E-state index contributed by atoms with van der Waals surface area (Å²) in [5.74, 6) is -0.645. The highest BCUT2D eigenvalue weighted by Gasteiger charge is 2.10. The predicted molar refractivity (Wildman–Crippen MR) is 54.3 cm³/mol. The molecular formula is C9H19N3O2. The first-order valence-electron chi connectivity index (χ1n) is 4.86. The summed E-state index contributed by atoms with van der Waals surface area (Å²) in [6, 6.07) is -0.586. The number of carbonyl (C=O) groups is 2. The molecular weight excluding hydrogens is 182 g/mol. The zero-order valence-corrected chi connectivity index (χ0v) is 8.58. The number of hydrogen-bond acceptors (Lipinski definition) is 3. The van der Waals surface area contributed by atoms with E-state index in [4.69, 9.17) is 11.5 Å². The number of rotatable bonds is 7.